The Bertz CT molecular complexity index is 1300. The van der Waals surface area contributed by atoms with Gasteiger partial charge in [-0.25, -0.2) is 4.79 Å². The van der Waals surface area contributed by atoms with Gasteiger partial charge in [-0.1, -0.05) is 78.9 Å². The molecule has 0 radical (unpaired) electrons. The summed E-state index contributed by atoms with van der Waals surface area (Å²) in [6, 6.07) is 25.7. The number of carbonyl (C=O) groups is 3. The highest BCUT2D eigenvalue weighted by atomic mass is 16.5. The van der Waals surface area contributed by atoms with Crippen LogP contribution in [0.4, 0.5) is 4.79 Å². The normalized spacial score (nSPS) is 12.8. The van der Waals surface area contributed by atoms with Crippen LogP contribution in [0, 0.1) is 5.41 Å². The zero-order chi connectivity index (χ0) is 28.2. The lowest BCUT2D eigenvalue weighted by Crippen LogP contribution is -2.60. The lowest BCUT2D eigenvalue weighted by molar-refractivity contribution is -0.146. The molecule has 39 heavy (non-hydrogen) atoms. The number of alkyl carbamates (subject to hydrolysis) is 1. The first-order valence-corrected chi connectivity index (χ1v) is 13.2. The second-order valence-corrected chi connectivity index (χ2v) is 11.1. The average Bonchev–Trinajstić information content (AvgIpc) is 3.23. The third-order valence-electron chi connectivity index (χ3n) is 7.95. The Morgan fingerprint density at radius 1 is 0.846 bits per heavy atom. The fourth-order valence-electron chi connectivity index (χ4n) is 5.00. The van der Waals surface area contributed by atoms with Crippen molar-refractivity contribution < 1.29 is 24.2 Å². The Balaban J connectivity index is 1.45. The summed E-state index contributed by atoms with van der Waals surface area (Å²) in [5.74, 6) is -1.30. The van der Waals surface area contributed by atoms with Crippen LogP contribution in [0.25, 0.3) is 11.1 Å². The molecular weight excluding hydrogens is 492 g/mol. The second kappa shape index (κ2) is 11.3. The van der Waals surface area contributed by atoms with E-state index >= 15 is 0 Å². The van der Waals surface area contributed by atoms with Gasteiger partial charge in [-0.05, 0) is 55.5 Å². The Labute approximate surface area is 229 Å². The summed E-state index contributed by atoms with van der Waals surface area (Å²) in [5.41, 5.74) is 3.38. The molecule has 0 aliphatic heterocycles. The number of carboxylic acid groups (broad SMARTS) is 1. The van der Waals surface area contributed by atoms with E-state index in [4.69, 9.17) is 4.74 Å². The molecule has 7 heteroatoms. The van der Waals surface area contributed by atoms with Crippen molar-refractivity contribution in [1.82, 2.24) is 10.2 Å². The molecule has 0 heterocycles. The van der Waals surface area contributed by atoms with E-state index in [1.165, 1.54) is 0 Å². The van der Waals surface area contributed by atoms with Gasteiger partial charge >= 0.3 is 12.1 Å². The lowest BCUT2D eigenvalue weighted by Gasteiger charge is -2.43. The molecule has 0 bridgehead atoms. The molecular formula is C32H36N2O5. The Hall–Kier alpha value is -4.13. The molecule has 3 aromatic carbocycles. The maximum Gasteiger partial charge on any atom is 0.407 e. The van der Waals surface area contributed by atoms with E-state index in [9.17, 15) is 19.5 Å². The number of benzene rings is 3. The molecule has 0 saturated heterocycles. The van der Waals surface area contributed by atoms with E-state index in [1.54, 1.807) is 32.6 Å². The highest BCUT2D eigenvalue weighted by molar-refractivity contribution is 5.85. The van der Waals surface area contributed by atoms with Crippen LogP contribution in [-0.4, -0.2) is 46.7 Å². The highest BCUT2D eigenvalue weighted by Gasteiger charge is 2.46. The number of hydrogen-bond acceptors (Lipinski definition) is 4. The molecule has 3 aromatic rings. The SMILES string of the molecule is CC(C)(NC(=O)OCC1c2ccccc2-c2ccccc21)C(C)(C)C(=O)N(CCC(=O)O)Cc1ccccc1. The maximum absolute atomic E-state index is 13.8. The van der Waals surface area contributed by atoms with E-state index in [2.05, 4.69) is 29.6 Å². The highest BCUT2D eigenvalue weighted by Crippen LogP contribution is 2.44. The van der Waals surface area contributed by atoms with Crippen LogP contribution in [0.15, 0.2) is 78.9 Å². The van der Waals surface area contributed by atoms with Crippen molar-refractivity contribution in [3.8, 4) is 11.1 Å². The summed E-state index contributed by atoms with van der Waals surface area (Å²) in [6.07, 6.45) is -0.780. The summed E-state index contributed by atoms with van der Waals surface area (Å²) in [4.78, 5) is 39.7. The molecule has 0 aromatic heterocycles. The van der Waals surface area contributed by atoms with Gasteiger partial charge in [0, 0.05) is 19.0 Å². The van der Waals surface area contributed by atoms with Crippen molar-refractivity contribution >= 4 is 18.0 Å². The quantitative estimate of drug-likeness (QED) is 0.345. The number of fused-ring (bicyclic) bond motifs is 3. The smallest absolute Gasteiger partial charge is 0.407 e. The number of ether oxygens (including phenoxy) is 1. The topological polar surface area (TPSA) is 95.9 Å². The van der Waals surface area contributed by atoms with Crippen molar-refractivity contribution in [2.75, 3.05) is 13.2 Å². The molecule has 1 aliphatic rings. The zero-order valence-corrected chi connectivity index (χ0v) is 22.9. The molecule has 0 atom stereocenters. The van der Waals surface area contributed by atoms with E-state index in [-0.39, 0.29) is 37.9 Å². The number of rotatable bonds is 10. The fraction of sp³-hybridized carbons (Fsp3) is 0.344. The minimum atomic E-state index is -1.06. The van der Waals surface area contributed by atoms with Crippen molar-refractivity contribution in [1.29, 1.82) is 0 Å². The first-order valence-electron chi connectivity index (χ1n) is 13.2. The minimum absolute atomic E-state index is 0.0630. The van der Waals surface area contributed by atoms with Gasteiger partial charge in [0.05, 0.1) is 17.4 Å². The number of hydrogen-bond donors (Lipinski definition) is 2. The standard InChI is InChI=1S/C32H36N2O5/c1-31(2,29(37)34(19-18-28(35)36)20-22-12-6-5-7-13-22)32(3,4)33-30(38)39-21-27-25-16-10-8-14-23(25)24-15-9-11-17-26(24)27/h5-17,27H,18-21H2,1-4H3,(H,33,38)(H,35,36). The monoisotopic (exact) mass is 528 g/mol. The van der Waals surface area contributed by atoms with Gasteiger partial charge in [0.2, 0.25) is 5.91 Å². The van der Waals surface area contributed by atoms with Crippen LogP contribution >= 0.6 is 0 Å². The van der Waals surface area contributed by atoms with Crippen LogP contribution in [-0.2, 0) is 20.9 Å². The number of nitrogens with one attached hydrogen (secondary N) is 1. The molecule has 204 valence electrons. The van der Waals surface area contributed by atoms with E-state index in [1.807, 2.05) is 54.6 Å². The van der Waals surface area contributed by atoms with Gasteiger partial charge in [0.15, 0.2) is 0 Å². The first kappa shape index (κ1) is 27.9. The third kappa shape index (κ3) is 5.98. The van der Waals surface area contributed by atoms with E-state index < -0.39 is 23.0 Å². The van der Waals surface area contributed by atoms with Gasteiger partial charge in [-0.3, -0.25) is 9.59 Å². The van der Waals surface area contributed by atoms with E-state index in [0.717, 1.165) is 27.8 Å². The molecule has 7 nitrogen and oxygen atoms in total. The largest absolute Gasteiger partial charge is 0.481 e. The maximum atomic E-state index is 13.8. The summed E-state index contributed by atoms with van der Waals surface area (Å²) >= 11 is 0. The molecule has 0 saturated carbocycles. The Morgan fingerprint density at radius 2 is 1.38 bits per heavy atom. The zero-order valence-electron chi connectivity index (χ0n) is 22.9. The second-order valence-electron chi connectivity index (χ2n) is 11.1. The first-order chi connectivity index (χ1) is 18.5. The predicted octanol–water partition coefficient (Wildman–Crippen LogP) is 5.83. The van der Waals surface area contributed by atoms with Crippen molar-refractivity contribution in [2.45, 2.75) is 52.1 Å². The van der Waals surface area contributed by atoms with Gasteiger partial charge in [-0.15, -0.1) is 0 Å². The minimum Gasteiger partial charge on any atom is -0.481 e. The van der Waals surface area contributed by atoms with Crippen LogP contribution in [0.5, 0.6) is 0 Å². The predicted molar refractivity (Wildman–Crippen MR) is 150 cm³/mol. The van der Waals surface area contributed by atoms with Crippen LogP contribution < -0.4 is 5.32 Å². The van der Waals surface area contributed by atoms with Crippen LogP contribution in [0.3, 0.4) is 0 Å². The van der Waals surface area contributed by atoms with Gasteiger partial charge in [0.25, 0.3) is 0 Å². The summed E-state index contributed by atoms with van der Waals surface area (Å²) in [6.45, 7) is 7.60. The molecule has 2 amide bonds. The molecule has 0 unspecified atom stereocenters. The van der Waals surface area contributed by atoms with Crippen LogP contribution in [0.2, 0.25) is 0 Å². The summed E-state index contributed by atoms with van der Waals surface area (Å²) in [7, 11) is 0. The third-order valence-corrected chi connectivity index (χ3v) is 7.95. The lowest BCUT2D eigenvalue weighted by atomic mass is 9.73. The van der Waals surface area contributed by atoms with Crippen molar-refractivity contribution in [3.05, 3.63) is 95.6 Å². The van der Waals surface area contributed by atoms with E-state index in [0.29, 0.717) is 0 Å². The number of nitrogens with zero attached hydrogens (tertiary/aromatic N) is 1. The Morgan fingerprint density at radius 3 is 1.95 bits per heavy atom. The van der Waals surface area contributed by atoms with Crippen LogP contribution in [0.1, 0.15) is 56.7 Å². The number of aliphatic carboxylic acids is 1. The fourth-order valence-corrected chi connectivity index (χ4v) is 5.00. The van der Waals surface area contributed by atoms with Gasteiger partial charge in [-0.2, -0.15) is 0 Å². The molecule has 1 aliphatic carbocycles. The van der Waals surface area contributed by atoms with Gasteiger partial charge < -0.3 is 20.1 Å². The number of amides is 2. The van der Waals surface area contributed by atoms with Crippen molar-refractivity contribution in [2.24, 2.45) is 5.41 Å². The molecule has 2 N–H and O–H groups in total. The molecule has 0 spiro atoms. The number of carbonyl (C=O) groups excluding carboxylic acids is 2. The molecule has 0 fully saturated rings. The number of carboxylic acids is 1. The van der Waals surface area contributed by atoms with Gasteiger partial charge in [0.1, 0.15) is 6.61 Å². The summed E-state index contributed by atoms with van der Waals surface area (Å²) < 4.78 is 5.73. The summed E-state index contributed by atoms with van der Waals surface area (Å²) in [5, 5.41) is 12.2. The van der Waals surface area contributed by atoms with Crippen molar-refractivity contribution in [3.63, 3.8) is 0 Å². The molecule has 4 rings (SSSR count). The average molecular weight is 529 g/mol. The Kier molecular flexibility index (Phi) is 8.09.